The van der Waals surface area contributed by atoms with Crippen LogP contribution >= 0.6 is 0 Å². The maximum absolute atomic E-state index is 8.89. The second-order valence-electron chi connectivity index (χ2n) is 5.18. The highest BCUT2D eigenvalue weighted by molar-refractivity contribution is 5.33. The fourth-order valence-corrected chi connectivity index (χ4v) is 2.57. The van der Waals surface area contributed by atoms with Gasteiger partial charge in [-0.1, -0.05) is 25.1 Å². The summed E-state index contributed by atoms with van der Waals surface area (Å²) in [7, 11) is 0. The van der Waals surface area contributed by atoms with Crippen LogP contribution in [0.4, 0.5) is 0 Å². The van der Waals surface area contributed by atoms with E-state index < -0.39 is 0 Å². The van der Waals surface area contributed by atoms with Crippen LogP contribution in [0.1, 0.15) is 42.9 Å². The predicted molar refractivity (Wildman–Crippen MR) is 74.2 cm³/mol. The number of fused-ring (bicyclic) bond motifs is 1. The third-order valence-corrected chi connectivity index (χ3v) is 3.81. The van der Waals surface area contributed by atoms with Crippen LogP contribution in [0.3, 0.4) is 0 Å². The summed E-state index contributed by atoms with van der Waals surface area (Å²) in [5.74, 6) is 0.141. The highest BCUT2D eigenvalue weighted by Gasteiger charge is 2.09. The maximum atomic E-state index is 8.89. The Balaban J connectivity index is 1.88. The van der Waals surface area contributed by atoms with Gasteiger partial charge in [0, 0.05) is 13.1 Å². The minimum Gasteiger partial charge on any atom is -0.311 e. The van der Waals surface area contributed by atoms with E-state index in [1.54, 1.807) is 0 Å². The standard InChI is InChI=1S/C16H22N2/c1-2-13(10-17)11-18-12-14-7-8-15-5-3-4-6-16(15)9-14/h7-9,13,18H,2-6,11-12H2,1H3. The Morgan fingerprint density at radius 2 is 2.06 bits per heavy atom. The lowest BCUT2D eigenvalue weighted by atomic mass is 9.90. The van der Waals surface area contributed by atoms with E-state index in [2.05, 4.69) is 36.5 Å². The number of aryl methyl sites for hydroxylation is 2. The molecule has 0 fully saturated rings. The van der Waals surface area contributed by atoms with Crippen molar-refractivity contribution in [2.24, 2.45) is 5.92 Å². The van der Waals surface area contributed by atoms with Crippen molar-refractivity contribution in [3.63, 3.8) is 0 Å². The largest absolute Gasteiger partial charge is 0.311 e. The lowest BCUT2D eigenvalue weighted by Gasteiger charge is -2.17. The van der Waals surface area contributed by atoms with Crippen LogP contribution in [-0.2, 0) is 19.4 Å². The SMILES string of the molecule is CCC(C#N)CNCc1ccc2c(c1)CCCC2. The van der Waals surface area contributed by atoms with Crippen LogP contribution in [0.2, 0.25) is 0 Å². The van der Waals surface area contributed by atoms with Crippen LogP contribution in [0.15, 0.2) is 18.2 Å². The van der Waals surface area contributed by atoms with Crippen molar-refractivity contribution in [3.05, 3.63) is 34.9 Å². The number of nitriles is 1. The van der Waals surface area contributed by atoms with Gasteiger partial charge >= 0.3 is 0 Å². The van der Waals surface area contributed by atoms with Crippen molar-refractivity contribution in [1.29, 1.82) is 5.26 Å². The van der Waals surface area contributed by atoms with Crippen LogP contribution < -0.4 is 5.32 Å². The van der Waals surface area contributed by atoms with Gasteiger partial charge in [0.25, 0.3) is 0 Å². The third-order valence-electron chi connectivity index (χ3n) is 3.81. The number of hydrogen-bond donors (Lipinski definition) is 1. The fourth-order valence-electron chi connectivity index (χ4n) is 2.57. The maximum Gasteiger partial charge on any atom is 0.0669 e. The van der Waals surface area contributed by atoms with E-state index in [1.807, 2.05) is 0 Å². The van der Waals surface area contributed by atoms with E-state index in [9.17, 15) is 0 Å². The first-order chi connectivity index (χ1) is 8.83. The molecule has 0 saturated heterocycles. The Hall–Kier alpha value is -1.33. The molecule has 0 amide bonds. The first-order valence-electron chi connectivity index (χ1n) is 7.04. The van der Waals surface area contributed by atoms with Crippen molar-refractivity contribution < 1.29 is 0 Å². The van der Waals surface area contributed by atoms with E-state index in [-0.39, 0.29) is 5.92 Å². The van der Waals surface area contributed by atoms with Crippen LogP contribution in [-0.4, -0.2) is 6.54 Å². The van der Waals surface area contributed by atoms with Gasteiger partial charge in [0.05, 0.1) is 12.0 Å². The summed E-state index contributed by atoms with van der Waals surface area (Å²) < 4.78 is 0. The molecular formula is C16H22N2. The molecule has 1 aromatic rings. The molecule has 0 spiro atoms. The van der Waals surface area contributed by atoms with Crippen molar-refractivity contribution in [3.8, 4) is 6.07 Å². The summed E-state index contributed by atoms with van der Waals surface area (Å²) >= 11 is 0. The normalized spacial score (nSPS) is 15.8. The molecule has 0 saturated carbocycles. The van der Waals surface area contributed by atoms with E-state index in [0.29, 0.717) is 0 Å². The predicted octanol–water partition coefficient (Wildman–Crippen LogP) is 3.20. The molecule has 1 atom stereocenters. The molecule has 1 aliphatic carbocycles. The third kappa shape index (κ3) is 3.34. The van der Waals surface area contributed by atoms with E-state index in [0.717, 1.165) is 19.5 Å². The summed E-state index contributed by atoms with van der Waals surface area (Å²) in [5.41, 5.74) is 4.42. The Morgan fingerprint density at radius 3 is 2.78 bits per heavy atom. The van der Waals surface area contributed by atoms with Gasteiger partial charge in [-0.3, -0.25) is 0 Å². The summed E-state index contributed by atoms with van der Waals surface area (Å²) in [4.78, 5) is 0. The van der Waals surface area contributed by atoms with Crippen molar-refractivity contribution in [1.82, 2.24) is 5.32 Å². The topological polar surface area (TPSA) is 35.8 Å². The molecule has 0 bridgehead atoms. The molecule has 0 aromatic heterocycles. The van der Waals surface area contributed by atoms with E-state index >= 15 is 0 Å². The number of rotatable bonds is 5. The second kappa shape index (κ2) is 6.56. The molecule has 2 nitrogen and oxygen atoms in total. The Bertz CT molecular complexity index is 431. The van der Waals surface area contributed by atoms with Gasteiger partial charge in [-0.05, 0) is 48.8 Å². The van der Waals surface area contributed by atoms with Crippen LogP contribution in [0, 0.1) is 17.2 Å². The lowest BCUT2D eigenvalue weighted by Crippen LogP contribution is -2.21. The van der Waals surface area contributed by atoms with Crippen molar-refractivity contribution in [2.75, 3.05) is 6.54 Å². The molecular weight excluding hydrogens is 220 g/mol. The highest BCUT2D eigenvalue weighted by atomic mass is 14.9. The second-order valence-corrected chi connectivity index (χ2v) is 5.18. The quantitative estimate of drug-likeness (QED) is 0.860. The summed E-state index contributed by atoms with van der Waals surface area (Å²) in [5, 5.41) is 12.3. The average molecular weight is 242 g/mol. The molecule has 18 heavy (non-hydrogen) atoms. The first-order valence-corrected chi connectivity index (χ1v) is 7.04. The summed E-state index contributed by atoms with van der Waals surface area (Å²) in [6.07, 6.45) is 6.07. The molecule has 1 aromatic carbocycles. The number of hydrogen-bond acceptors (Lipinski definition) is 2. The zero-order chi connectivity index (χ0) is 12.8. The van der Waals surface area contributed by atoms with E-state index in [1.165, 1.54) is 42.4 Å². The Labute approximate surface area is 110 Å². The molecule has 0 aliphatic heterocycles. The highest BCUT2D eigenvalue weighted by Crippen LogP contribution is 2.22. The average Bonchev–Trinajstić information content (AvgIpc) is 2.43. The number of benzene rings is 1. The zero-order valence-electron chi connectivity index (χ0n) is 11.2. The first kappa shape index (κ1) is 13.1. The van der Waals surface area contributed by atoms with Crippen molar-refractivity contribution >= 4 is 0 Å². The Kier molecular flexibility index (Phi) is 4.78. The molecule has 1 aliphatic rings. The van der Waals surface area contributed by atoms with Crippen LogP contribution in [0.25, 0.3) is 0 Å². The monoisotopic (exact) mass is 242 g/mol. The van der Waals surface area contributed by atoms with E-state index in [4.69, 9.17) is 5.26 Å². The summed E-state index contributed by atoms with van der Waals surface area (Å²) in [6, 6.07) is 9.18. The van der Waals surface area contributed by atoms with Crippen molar-refractivity contribution in [2.45, 2.75) is 45.6 Å². The van der Waals surface area contributed by atoms with Crippen LogP contribution in [0.5, 0.6) is 0 Å². The van der Waals surface area contributed by atoms with Gasteiger partial charge in [-0.2, -0.15) is 5.26 Å². The van der Waals surface area contributed by atoms with Gasteiger partial charge in [0.2, 0.25) is 0 Å². The zero-order valence-corrected chi connectivity index (χ0v) is 11.2. The molecule has 0 heterocycles. The molecule has 2 rings (SSSR count). The van der Waals surface area contributed by atoms with Gasteiger partial charge in [0.15, 0.2) is 0 Å². The lowest BCUT2D eigenvalue weighted by molar-refractivity contribution is 0.552. The van der Waals surface area contributed by atoms with Gasteiger partial charge in [0.1, 0.15) is 0 Å². The van der Waals surface area contributed by atoms with Gasteiger partial charge < -0.3 is 5.32 Å². The van der Waals surface area contributed by atoms with Gasteiger partial charge in [-0.25, -0.2) is 0 Å². The number of nitrogens with one attached hydrogen (secondary N) is 1. The fraction of sp³-hybridized carbons (Fsp3) is 0.562. The Morgan fingerprint density at radius 1 is 1.28 bits per heavy atom. The molecule has 1 N–H and O–H groups in total. The number of nitrogens with zero attached hydrogens (tertiary/aromatic N) is 1. The summed E-state index contributed by atoms with van der Waals surface area (Å²) in [6.45, 7) is 3.74. The smallest absolute Gasteiger partial charge is 0.0669 e. The molecule has 1 unspecified atom stereocenters. The molecule has 2 heteroatoms. The minimum atomic E-state index is 0.141. The van der Waals surface area contributed by atoms with Gasteiger partial charge in [-0.15, -0.1) is 0 Å². The minimum absolute atomic E-state index is 0.141. The molecule has 0 radical (unpaired) electrons. The molecule has 96 valence electrons.